The van der Waals surface area contributed by atoms with Crippen LogP contribution in [0.15, 0.2) is 48.7 Å². The number of urea groups is 1. The Kier molecular flexibility index (Phi) is 6.91. The van der Waals surface area contributed by atoms with Gasteiger partial charge < -0.3 is 15.1 Å². The summed E-state index contributed by atoms with van der Waals surface area (Å²) in [5.41, 5.74) is 1.45. The van der Waals surface area contributed by atoms with Crippen LogP contribution in [0.2, 0.25) is 0 Å². The Morgan fingerprint density at radius 2 is 1.89 bits per heavy atom. The summed E-state index contributed by atoms with van der Waals surface area (Å²) < 4.78 is 0. The number of carbonyl (C=O) groups excluding carboxylic acids is 2. The maximum Gasteiger partial charge on any atom is 0.321 e. The van der Waals surface area contributed by atoms with Gasteiger partial charge in [-0.1, -0.05) is 36.8 Å². The van der Waals surface area contributed by atoms with E-state index in [9.17, 15) is 9.59 Å². The highest BCUT2D eigenvalue weighted by Crippen LogP contribution is 2.49. The number of carbonyl (C=O) groups is 2. The van der Waals surface area contributed by atoms with Gasteiger partial charge in [0, 0.05) is 24.8 Å². The fraction of sp³-hybridized carbons (Fsp3) is 0.517. The van der Waals surface area contributed by atoms with Gasteiger partial charge in [0.25, 0.3) is 0 Å². The number of pyridine rings is 1. The molecule has 1 spiro atoms. The number of amides is 3. The number of rotatable bonds is 7. The zero-order valence-corrected chi connectivity index (χ0v) is 21.8. The Morgan fingerprint density at radius 3 is 2.51 bits per heavy atom. The second-order valence-electron chi connectivity index (χ2n) is 11.2. The van der Waals surface area contributed by atoms with Gasteiger partial charge in [-0.25, -0.2) is 9.78 Å². The molecule has 3 amide bonds. The molecule has 5 rings (SSSR count). The zero-order valence-electron chi connectivity index (χ0n) is 21.8. The minimum atomic E-state index is -0.292. The van der Waals surface area contributed by atoms with Crippen molar-refractivity contribution in [2.45, 2.75) is 56.0 Å². The molecular weight excluding hydrogens is 464 g/mol. The van der Waals surface area contributed by atoms with Gasteiger partial charge in [0.15, 0.2) is 0 Å². The predicted molar refractivity (Wildman–Crippen MR) is 142 cm³/mol. The molecular formula is C29H36N6O2. The summed E-state index contributed by atoms with van der Waals surface area (Å²) in [5.74, 6) is 0.592. The summed E-state index contributed by atoms with van der Waals surface area (Å²) >= 11 is 0. The van der Waals surface area contributed by atoms with Crippen molar-refractivity contribution in [1.82, 2.24) is 19.7 Å². The Balaban J connectivity index is 1.34. The van der Waals surface area contributed by atoms with E-state index in [4.69, 9.17) is 5.26 Å². The third-order valence-corrected chi connectivity index (χ3v) is 8.89. The van der Waals surface area contributed by atoms with Crippen LogP contribution in [-0.4, -0.2) is 70.9 Å². The molecule has 1 aromatic carbocycles. The highest BCUT2D eigenvalue weighted by molar-refractivity contribution is 5.94. The molecule has 0 radical (unpaired) electrons. The smallest absolute Gasteiger partial charge is 0.317 e. The standard InChI is InChI=1S/C29H36N6O2/c1-33(2)29(24-9-4-3-5-10-24)14-12-28(13-15-29)21-34(27(37)35(28)19-22-7-6-8-22)20-26(36)32-25-17-23(18-30)11-16-31-25/h3-5,9-11,16-17,22H,6-8,12-15,19-21H2,1-2H3,(H,31,32,36)/t28-,29-. The second-order valence-corrected chi connectivity index (χ2v) is 11.2. The summed E-state index contributed by atoms with van der Waals surface area (Å²) in [7, 11) is 4.31. The first-order valence-electron chi connectivity index (χ1n) is 13.3. The molecule has 194 valence electrons. The van der Waals surface area contributed by atoms with Gasteiger partial charge in [0.1, 0.15) is 12.4 Å². The Morgan fingerprint density at radius 1 is 1.16 bits per heavy atom. The number of hydrogen-bond donors (Lipinski definition) is 1. The average molecular weight is 501 g/mol. The van der Waals surface area contributed by atoms with Crippen molar-refractivity contribution in [3.63, 3.8) is 0 Å². The first-order valence-corrected chi connectivity index (χ1v) is 13.3. The first kappa shape index (κ1) is 25.2. The second kappa shape index (κ2) is 10.1. The molecule has 0 unspecified atom stereocenters. The number of aromatic nitrogens is 1. The lowest BCUT2D eigenvalue weighted by molar-refractivity contribution is -0.116. The molecule has 1 N–H and O–H groups in total. The van der Waals surface area contributed by atoms with Gasteiger partial charge in [-0.3, -0.25) is 9.69 Å². The van der Waals surface area contributed by atoms with Gasteiger partial charge in [-0.15, -0.1) is 0 Å². The molecule has 1 aliphatic heterocycles. The predicted octanol–water partition coefficient (Wildman–Crippen LogP) is 4.20. The van der Waals surface area contributed by atoms with Crippen LogP contribution in [0.25, 0.3) is 0 Å². The number of hydrogen-bond acceptors (Lipinski definition) is 5. The van der Waals surface area contributed by atoms with E-state index in [1.165, 1.54) is 31.0 Å². The van der Waals surface area contributed by atoms with Crippen molar-refractivity contribution in [3.05, 3.63) is 59.8 Å². The molecule has 2 aromatic rings. The summed E-state index contributed by atoms with van der Waals surface area (Å²) in [4.78, 5) is 36.9. The molecule has 2 saturated carbocycles. The van der Waals surface area contributed by atoms with Crippen LogP contribution >= 0.6 is 0 Å². The van der Waals surface area contributed by atoms with Crippen LogP contribution in [0.5, 0.6) is 0 Å². The van der Waals surface area contributed by atoms with E-state index in [2.05, 4.69) is 70.6 Å². The topological polar surface area (TPSA) is 92.6 Å². The van der Waals surface area contributed by atoms with Crippen LogP contribution < -0.4 is 5.32 Å². The van der Waals surface area contributed by atoms with E-state index >= 15 is 0 Å². The largest absolute Gasteiger partial charge is 0.321 e. The fourth-order valence-electron chi connectivity index (χ4n) is 6.43. The highest BCUT2D eigenvalue weighted by atomic mass is 16.2. The molecule has 3 fully saturated rings. The molecule has 0 bridgehead atoms. The molecule has 3 aliphatic rings. The molecule has 37 heavy (non-hydrogen) atoms. The summed E-state index contributed by atoms with van der Waals surface area (Å²) in [5, 5.41) is 11.9. The maximum absolute atomic E-state index is 13.7. The summed E-state index contributed by atoms with van der Waals surface area (Å²) in [6.07, 6.45) is 8.81. The van der Waals surface area contributed by atoms with Crippen molar-refractivity contribution < 1.29 is 9.59 Å². The van der Waals surface area contributed by atoms with Crippen molar-refractivity contribution in [1.29, 1.82) is 5.26 Å². The molecule has 0 atom stereocenters. The Bertz CT molecular complexity index is 1180. The van der Waals surface area contributed by atoms with Gasteiger partial charge in [-0.2, -0.15) is 5.26 Å². The minimum Gasteiger partial charge on any atom is -0.317 e. The van der Waals surface area contributed by atoms with Crippen molar-refractivity contribution in [3.8, 4) is 6.07 Å². The number of nitrogens with zero attached hydrogens (tertiary/aromatic N) is 5. The fourth-order valence-corrected chi connectivity index (χ4v) is 6.43. The highest BCUT2D eigenvalue weighted by Gasteiger charge is 2.55. The van der Waals surface area contributed by atoms with Gasteiger partial charge in [0.2, 0.25) is 5.91 Å². The Hall–Kier alpha value is -3.44. The maximum atomic E-state index is 13.7. The number of anilines is 1. The average Bonchev–Trinajstić information content (AvgIpc) is 3.12. The van der Waals surface area contributed by atoms with Crippen molar-refractivity contribution >= 4 is 17.8 Å². The minimum absolute atomic E-state index is 0.0162. The summed E-state index contributed by atoms with van der Waals surface area (Å²) in [6.45, 7) is 1.33. The van der Waals surface area contributed by atoms with Crippen LogP contribution in [0.1, 0.15) is 56.1 Å². The monoisotopic (exact) mass is 500 g/mol. The lowest BCUT2D eigenvalue weighted by Crippen LogP contribution is -2.56. The normalized spacial score (nSPS) is 25.8. The van der Waals surface area contributed by atoms with Gasteiger partial charge in [-0.05, 0) is 76.2 Å². The molecule has 1 aromatic heterocycles. The van der Waals surface area contributed by atoms with E-state index in [0.29, 0.717) is 23.8 Å². The van der Waals surface area contributed by atoms with Gasteiger partial charge >= 0.3 is 6.03 Å². The lowest BCUT2D eigenvalue weighted by atomic mass is 9.68. The third kappa shape index (κ3) is 4.80. The number of nitrogens with one attached hydrogen (secondary N) is 1. The summed E-state index contributed by atoms with van der Waals surface area (Å²) in [6, 6.07) is 15.9. The molecule has 2 aliphatic carbocycles. The van der Waals surface area contributed by atoms with E-state index in [1.807, 2.05) is 0 Å². The van der Waals surface area contributed by atoms with Crippen LogP contribution in [0.3, 0.4) is 0 Å². The molecule has 1 saturated heterocycles. The van der Waals surface area contributed by atoms with Crippen LogP contribution in [0, 0.1) is 17.2 Å². The SMILES string of the molecule is CN(C)[C@]1(c2ccccc2)CC[C@@]2(CC1)CN(CC(=O)Nc1cc(C#N)ccn1)C(=O)N2CC1CCC1. The zero-order chi connectivity index (χ0) is 26.0. The quantitative estimate of drug-likeness (QED) is 0.615. The van der Waals surface area contributed by atoms with E-state index in [-0.39, 0.29) is 29.6 Å². The molecule has 8 heteroatoms. The lowest BCUT2D eigenvalue weighted by Gasteiger charge is -2.51. The molecule has 8 nitrogen and oxygen atoms in total. The third-order valence-electron chi connectivity index (χ3n) is 8.89. The molecule has 2 heterocycles. The van der Waals surface area contributed by atoms with Crippen LogP contribution in [-0.2, 0) is 10.3 Å². The van der Waals surface area contributed by atoms with Crippen molar-refractivity contribution in [2.75, 3.05) is 39.0 Å². The number of nitriles is 1. The van der Waals surface area contributed by atoms with E-state index in [1.54, 1.807) is 17.0 Å². The van der Waals surface area contributed by atoms with Crippen molar-refractivity contribution in [2.24, 2.45) is 5.92 Å². The number of benzene rings is 1. The van der Waals surface area contributed by atoms with Crippen LogP contribution in [0.4, 0.5) is 10.6 Å². The van der Waals surface area contributed by atoms with Gasteiger partial charge in [0.05, 0.1) is 17.2 Å². The van der Waals surface area contributed by atoms with E-state index < -0.39 is 0 Å². The van der Waals surface area contributed by atoms with E-state index in [0.717, 1.165) is 32.2 Å². The Labute approximate surface area is 219 Å². The first-order chi connectivity index (χ1) is 17.8.